The second kappa shape index (κ2) is 5.77. The van der Waals surface area contributed by atoms with Gasteiger partial charge in [0.2, 0.25) is 5.78 Å². The van der Waals surface area contributed by atoms with E-state index in [1.807, 2.05) is 18.4 Å². The molecule has 0 spiro atoms. The molecular weight excluding hydrogens is 300 g/mol. The molecule has 1 aromatic heterocycles. The number of benzene rings is 1. The molecule has 2 heterocycles. The van der Waals surface area contributed by atoms with Gasteiger partial charge in [-0.25, -0.2) is 0 Å². The molecule has 0 unspecified atom stereocenters. The second-order valence-electron chi connectivity index (χ2n) is 5.06. The van der Waals surface area contributed by atoms with Crippen LogP contribution in [0.25, 0.3) is 6.08 Å². The first-order valence-corrected chi connectivity index (χ1v) is 7.67. The number of ether oxygens (including phenoxy) is 2. The molecule has 2 aromatic rings. The lowest BCUT2D eigenvalue weighted by Crippen LogP contribution is -2.06. The molecule has 0 radical (unpaired) electrons. The smallest absolute Gasteiger partial charge is 0.232 e. The number of hydrogen-bond donors (Lipinski definition) is 0. The lowest BCUT2D eigenvalue weighted by molar-refractivity contribution is -0.118. The Hall–Kier alpha value is -2.40. The number of ketones is 2. The highest BCUT2D eigenvalue weighted by Gasteiger charge is 2.28. The van der Waals surface area contributed by atoms with Crippen LogP contribution in [0.15, 0.2) is 35.4 Å². The Bertz CT molecular complexity index is 786. The molecule has 1 aliphatic rings. The third-order valence-corrected chi connectivity index (χ3v) is 4.21. The molecule has 3 rings (SSSR count). The molecule has 1 aliphatic heterocycles. The van der Waals surface area contributed by atoms with E-state index in [2.05, 4.69) is 0 Å². The van der Waals surface area contributed by atoms with Crippen molar-refractivity contribution in [2.24, 2.45) is 0 Å². The highest BCUT2D eigenvalue weighted by atomic mass is 32.1. The quantitative estimate of drug-likeness (QED) is 0.809. The summed E-state index contributed by atoms with van der Waals surface area (Å²) in [7, 11) is 0. The highest BCUT2D eigenvalue weighted by molar-refractivity contribution is 7.11. The summed E-state index contributed by atoms with van der Waals surface area (Å²) in [5.74, 6) is 1.08. The van der Waals surface area contributed by atoms with E-state index in [1.54, 1.807) is 35.6 Å². The van der Waals surface area contributed by atoms with Gasteiger partial charge in [-0.05, 0) is 43.0 Å². The zero-order valence-electron chi connectivity index (χ0n) is 12.2. The molecule has 0 bridgehead atoms. The van der Waals surface area contributed by atoms with Crippen LogP contribution >= 0.6 is 11.3 Å². The number of fused-ring (bicyclic) bond motifs is 1. The summed E-state index contributed by atoms with van der Waals surface area (Å²) in [4.78, 5) is 24.3. The number of carbonyl (C=O) groups excluding carboxylic acids is 2. The number of allylic oxidation sites excluding steroid dienone is 1. The van der Waals surface area contributed by atoms with Gasteiger partial charge in [-0.3, -0.25) is 9.59 Å². The van der Waals surface area contributed by atoms with Crippen molar-refractivity contribution in [3.63, 3.8) is 0 Å². The molecule has 0 N–H and O–H groups in total. The molecule has 5 heteroatoms. The molecule has 0 saturated heterocycles. The van der Waals surface area contributed by atoms with Gasteiger partial charge in [0.1, 0.15) is 18.1 Å². The predicted octanol–water partition coefficient (Wildman–Crippen LogP) is 3.64. The van der Waals surface area contributed by atoms with Gasteiger partial charge in [0.25, 0.3) is 0 Å². The fraction of sp³-hybridized carbons (Fsp3) is 0.176. The van der Waals surface area contributed by atoms with Crippen LogP contribution < -0.4 is 9.47 Å². The summed E-state index contributed by atoms with van der Waals surface area (Å²) in [6.07, 6.45) is 1.76. The van der Waals surface area contributed by atoms with Crippen molar-refractivity contribution in [2.75, 3.05) is 6.61 Å². The molecule has 0 amide bonds. The van der Waals surface area contributed by atoms with Crippen LogP contribution in [0.2, 0.25) is 0 Å². The van der Waals surface area contributed by atoms with Crippen LogP contribution in [0.4, 0.5) is 0 Å². The first-order valence-electron chi connectivity index (χ1n) is 6.79. The summed E-state index contributed by atoms with van der Waals surface area (Å²) in [5, 5.41) is 1.97. The van der Waals surface area contributed by atoms with Crippen molar-refractivity contribution in [1.82, 2.24) is 0 Å². The topological polar surface area (TPSA) is 52.6 Å². The van der Waals surface area contributed by atoms with Gasteiger partial charge in [0.05, 0.1) is 5.56 Å². The summed E-state index contributed by atoms with van der Waals surface area (Å²) < 4.78 is 11.0. The van der Waals surface area contributed by atoms with Crippen molar-refractivity contribution in [1.29, 1.82) is 0 Å². The Balaban J connectivity index is 1.86. The fourth-order valence-electron chi connectivity index (χ4n) is 2.09. The van der Waals surface area contributed by atoms with Crippen LogP contribution in [0.5, 0.6) is 11.5 Å². The van der Waals surface area contributed by atoms with E-state index in [9.17, 15) is 9.59 Å². The third kappa shape index (κ3) is 2.80. The number of rotatable bonds is 4. The first-order chi connectivity index (χ1) is 10.5. The molecule has 4 nitrogen and oxygen atoms in total. The van der Waals surface area contributed by atoms with E-state index in [0.717, 1.165) is 10.4 Å². The van der Waals surface area contributed by atoms with E-state index in [-0.39, 0.29) is 18.2 Å². The average molecular weight is 314 g/mol. The van der Waals surface area contributed by atoms with Gasteiger partial charge in [-0.15, -0.1) is 11.3 Å². The van der Waals surface area contributed by atoms with Crippen LogP contribution in [0.3, 0.4) is 0 Å². The molecular formula is C17H14O4S. The van der Waals surface area contributed by atoms with Crippen LogP contribution in [0, 0.1) is 6.92 Å². The van der Waals surface area contributed by atoms with Crippen molar-refractivity contribution in [3.8, 4) is 11.5 Å². The average Bonchev–Trinajstić information content (AvgIpc) is 3.02. The van der Waals surface area contributed by atoms with Gasteiger partial charge < -0.3 is 9.47 Å². The summed E-state index contributed by atoms with van der Waals surface area (Å²) in [6.45, 7) is 3.45. The first kappa shape index (κ1) is 14.5. The molecule has 0 atom stereocenters. The number of aryl methyl sites for hydroxylation is 1. The summed E-state index contributed by atoms with van der Waals surface area (Å²) in [6, 6.07) is 6.97. The van der Waals surface area contributed by atoms with E-state index in [1.165, 1.54) is 6.92 Å². The van der Waals surface area contributed by atoms with Crippen molar-refractivity contribution in [3.05, 3.63) is 51.4 Å². The molecule has 112 valence electrons. The second-order valence-corrected chi connectivity index (χ2v) is 6.00. The Kier molecular flexibility index (Phi) is 3.81. The van der Waals surface area contributed by atoms with E-state index in [4.69, 9.17) is 9.47 Å². The highest BCUT2D eigenvalue weighted by Crippen LogP contribution is 2.35. The van der Waals surface area contributed by atoms with Crippen molar-refractivity contribution >= 4 is 29.0 Å². The van der Waals surface area contributed by atoms with Crippen LogP contribution in [-0.2, 0) is 4.79 Å². The minimum Gasteiger partial charge on any atom is -0.486 e. The molecule has 1 aromatic carbocycles. The lowest BCUT2D eigenvalue weighted by Gasteiger charge is -2.04. The van der Waals surface area contributed by atoms with Crippen LogP contribution in [0.1, 0.15) is 27.7 Å². The molecule has 22 heavy (non-hydrogen) atoms. The van der Waals surface area contributed by atoms with E-state index in [0.29, 0.717) is 22.8 Å². The Labute approximate surface area is 132 Å². The number of hydrogen-bond acceptors (Lipinski definition) is 5. The lowest BCUT2D eigenvalue weighted by atomic mass is 10.1. The Morgan fingerprint density at radius 1 is 1.36 bits per heavy atom. The maximum atomic E-state index is 12.3. The zero-order chi connectivity index (χ0) is 15.7. The van der Waals surface area contributed by atoms with Gasteiger partial charge in [-0.1, -0.05) is 0 Å². The van der Waals surface area contributed by atoms with Gasteiger partial charge >= 0.3 is 0 Å². The third-order valence-electron chi connectivity index (χ3n) is 3.25. The zero-order valence-corrected chi connectivity index (χ0v) is 13.0. The van der Waals surface area contributed by atoms with Crippen molar-refractivity contribution < 1.29 is 19.1 Å². The molecule has 0 saturated carbocycles. The molecule has 0 aliphatic carbocycles. The van der Waals surface area contributed by atoms with E-state index >= 15 is 0 Å². The standard InChI is InChI=1S/C17H14O4S/c1-10-5-6-22-16(10)8-15-17(19)13-4-3-12(7-14(13)21-15)20-9-11(2)18/h3-8H,9H2,1-2H3. The number of Topliss-reactive ketones (excluding diaryl/α,β-unsaturated/α-hetero) is 2. The Morgan fingerprint density at radius 2 is 2.18 bits per heavy atom. The maximum absolute atomic E-state index is 12.3. The maximum Gasteiger partial charge on any atom is 0.232 e. The Morgan fingerprint density at radius 3 is 2.86 bits per heavy atom. The monoisotopic (exact) mass is 314 g/mol. The minimum absolute atomic E-state index is 0.00379. The fourth-order valence-corrected chi connectivity index (χ4v) is 2.94. The predicted molar refractivity (Wildman–Crippen MR) is 84.6 cm³/mol. The molecule has 0 fully saturated rings. The normalized spacial score (nSPS) is 14.8. The largest absolute Gasteiger partial charge is 0.486 e. The van der Waals surface area contributed by atoms with Gasteiger partial charge in [-0.2, -0.15) is 0 Å². The minimum atomic E-state index is -0.138. The van der Waals surface area contributed by atoms with Gasteiger partial charge in [0, 0.05) is 17.0 Å². The summed E-state index contributed by atoms with van der Waals surface area (Å²) in [5.41, 5.74) is 1.62. The number of carbonyl (C=O) groups is 2. The van der Waals surface area contributed by atoms with Crippen molar-refractivity contribution in [2.45, 2.75) is 13.8 Å². The number of thiophene rings is 1. The van der Waals surface area contributed by atoms with E-state index < -0.39 is 0 Å². The van der Waals surface area contributed by atoms with Crippen LogP contribution in [-0.4, -0.2) is 18.2 Å². The summed E-state index contributed by atoms with van der Waals surface area (Å²) >= 11 is 1.56. The SMILES string of the molecule is CC(=O)COc1ccc2c(c1)OC(=Cc1sccc1C)C2=O. The van der Waals surface area contributed by atoms with Gasteiger partial charge in [0.15, 0.2) is 11.5 Å².